The number of nitrogens with two attached hydrogens (primary N) is 1. The van der Waals surface area contributed by atoms with Crippen LogP contribution in [0.15, 0.2) is 24.3 Å². The van der Waals surface area contributed by atoms with Crippen LogP contribution in [0.1, 0.15) is 38.2 Å². The standard InChI is InChI=1S/C17H26N2O4/c1-12(2)13-5-7-14(8-6-13)19-16(20)11-15(17(21)22)18-9-4-10-23-3/h5-8,12,15,18H,4,9-11H2,1-3H3,(H,19,20)(H,21,22)/t15-/m1/s1. The van der Waals surface area contributed by atoms with E-state index in [1.807, 2.05) is 24.3 Å². The Bertz CT molecular complexity index is 500. The Morgan fingerprint density at radius 3 is 2.43 bits per heavy atom. The second-order valence-corrected chi connectivity index (χ2v) is 5.83. The van der Waals surface area contributed by atoms with Crippen LogP contribution in [0.2, 0.25) is 0 Å². The van der Waals surface area contributed by atoms with Gasteiger partial charge in [-0.1, -0.05) is 26.0 Å². The molecule has 0 unspecified atom stereocenters. The Morgan fingerprint density at radius 2 is 1.91 bits per heavy atom. The number of aliphatic carboxylic acids is 1. The van der Waals surface area contributed by atoms with Crippen molar-refractivity contribution in [2.45, 2.75) is 38.6 Å². The van der Waals surface area contributed by atoms with Gasteiger partial charge in [-0.25, -0.2) is 0 Å². The molecule has 0 bridgehead atoms. The van der Waals surface area contributed by atoms with E-state index < -0.39 is 12.0 Å². The molecule has 1 rings (SSSR count). The lowest BCUT2D eigenvalue weighted by Crippen LogP contribution is -2.93. The molecule has 0 heterocycles. The zero-order valence-electron chi connectivity index (χ0n) is 14.0. The van der Waals surface area contributed by atoms with Crippen molar-refractivity contribution in [1.82, 2.24) is 0 Å². The van der Waals surface area contributed by atoms with Gasteiger partial charge in [0.15, 0.2) is 0 Å². The van der Waals surface area contributed by atoms with Gasteiger partial charge in [0, 0.05) is 19.2 Å². The second-order valence-electron chi connectivity index (χ2n) is 5.83. The number of carboxylic acid groups (broad SMARTS) is 1. The minimum absolute atomic E-state index is 0.124. The number of benzene rings is 1. The average molecular weight is 322 g/mol. The van der Waals surface area contributed by atoms with Crippen LogP contribution >= 0.6 is 0 Å². The van der Waals surface area contributed by atoms with Gasteiger partial charge >= 0.3 is 0 Å². The lowest BCUT2D eigenvalue weighted by atomic mass is 10.0. The number of nitrogens with one attached hydrogen (secondary N) is 1. The normalized spacial score (nSPS) is 12.2. The highest BCUT2D eigenvalue weighted by Crippen LogP contribution is 2.17. The van der Waals surface area contributed by atoms with Crippen molar-refractivity contribution in [2.24, 2.45) is 0 Å². The van der Waals surface area contributed by atoms with E-state index in [1.54, 1.807) is 12.4 Å². The van der Waals surface area contributed by atoms with Gasteiger partial charge in [-0.15, -0.1) is 0 Å². The maximum atomic E-state index is 12.0. The molecule has 0 aromatic heterocycles. The fourth-order valence-electron chi connectivity index (χ4n) is 2.17. The zero-order valence-corrected chi connectivity index (χ0v) is 14.0. The summed E-state index contributed by atoms with van der Waals surface area (Å²) >= 11 is 0. The largest absolute Gasteiger partial charge is 0.544 e. The molecule has 23 heavy (non-hydrogen) atoms. The van der Waals surface area contributed by atoms with Gasteiger partial charge in [0.1, 0.15) is 6.04 Å². The molecule has 0 saturated heterocycles. The predicted molar refractivity (Wildman–Crippen MR) is 85.9 cm³/mol. The SMILES string of the molecule is COCCC[NH2+][C@H](CC(=O)Nc1ccc(C(C)C)cc1)C(=O)[O-]. The number of carbonyl (C=O) groups excluding carboxylic acids is 2. The van der Waals surface area contributed by atoms with E-state index in [0.29, 0.717) is 24.8 Å². The van der Waals surface area contributed by atoms with Gasteiger partial charge in [-0.2, -0.15) is 0 Å². The summed E-state index contributed by atoms with van der Waals surface area (Å²) in [6.45, 7) is 5.32. The van der Waals surface area contributed by atoms with Crippen LogP contribution in [0.25, 0.3) is 0 Å². The predicted octanol–water partition coefficient (Wildman–Crippen LogP) is -0.143. The van der Waals surface area contributed by atoms with Gasteiger partial charge in [-0.05, 0) is 23.6 Å². The lowest BCUT2D eigenvalue weighted by Gasteiger charge is -2.16. The number of hydrogen-bond acceptors (Lipinski definition) is 4. The summed E-state index contributed by atoms with van der Waals surface area (Å²) in [5, 5.41) is 15.4. The van der Waals surface area contributed by atoms with Crippen LogP contribution in [0.4, 0.5) is 5.69 Å². The molecule has 0 spiro atoms. The van der Waals surface area contributed by atoms with Gasteiger partial charge in [0.25, 0.3) is 0 Å². The van der Waals surface area contributed by atoms with Crippen LogP contribution in [0.5, 0.6) is 0 Å². The smallest absolute Gasteiger partial charge is 0.230 e. The molecule has 0 saturated carbocycles. The molecule has 0 fully saturated rings. The van der Waals surface area contributed by atoms with Crippen molar-refractivity contribution in [1.29, 1.82) is 0 Å². The molecule has 128 valence electrons. The topological polar surface area (TPSA) is 95.1 Å². The van der Waals surface area contributed by atoms with Crippen molar-refractivity contribution < 1.29 is 24.7 Å². The molecule has 0 aliphatic rings. The van der Waals surface area contributed by atoms with E-state index in [-0.39, 0.29) is 12.3 Å². The number of rotatable bonds is 10. The maximum absolute atomic E-state index is 12.0. The summed E-state index contributed by atoms with van der Waals surface area (Å²) < 4.78 is 4.91. The van der Waals surface area contributed by atoms with Gasteiger partial charge in [0.2, 0.25) is 5.91 Å². The highest BCUT2D eigenvalue weighted by molar-refractivity contribution is 5.93. The second kappa shape index (κ2) is 9.97. The summed E-state index contributed by atoms with van der Waals surface area (Å²) in [5.74, 6) is -1.14. The van der Waals surface area contributed by atoms with Crippen molar-refractivity contribution in [3.63, 3.8) is 0 Å². The zero-order chi connectivity index (χ0) is 17.2. The molecule has 0 aliphatic carbocycles. The Balaban J connectivity index is 2.49. The third-order valence-electron chi connectivity index (χ3n) is 3.57. The van der Waals surface area contributed by atoms with E-state index >= 15 is 0 Å². The first kappa shape index (κ1) is 19.1. The van der Waals surface area contributed by atoms with E-state index in [1.165, 1.54) is 5.56 Å². The van der Waals surface area contributed by atoms with Gasteiger partial charge < -0.3 is 25.3 Å². The minimum atomic E-state index is -1.23. The number of amides is 1. The van der Waals surface area contributed by atoms with Crippen LogP contribution in [0, 0.1) is 0 Å². The monoisotopic (exact) mass is 322 g/mol. The Kier molecular flexibility index (Phi) is 8.29. The number of carbonyl (C=O) groups is 2. The lowest BCUT2D eigenvalue weighted by molar-refractivity contribution is -0.682. The van der Waals surface area contributed by atoms with Gasteiger partial charge in [0.05, 0.1) is 25.5 Å². The third-order valence-corrected chi connectivity index (χ3v) is 3.57. The average Bonchev–Trinajstić information content (AvgIpc) is 2.50. The summed E-state index contributed by atoms with van der Waals surface area (Å²) in [6.07, 6.45) is 0.597. The summed E-state index contributed by atoms with van der Waals surface area (Å²) in [6, 6.07) is 6.66. The molecule has 1 amide bonds. The maximum Gasteiger partial charge on any atom is 0.230 e. The molecule has 6 nitrogen and oxygen atoms in total. The molecule has 1 atom stereocenters. The summed E-state index contributed by atoms with van der Waals surface area (Å²) in [5.41, 5.74) is 1.85. The summed E-state index contributed by atoms with van der Waals surface area (Å²) in [4.78, 5) is 23.1. The van der Waals surface area contributed by atoms with E-state index in [9.17, 15) is 14.7 Å². The first-order valence-electron chi connectivity index (χ1n) is 7.87. The number of anilines is 1. The highest BCUT2D eigenvalue weighted by atomic mass is 16.5. The Hall–Kier alpha value is -1.92. The fraction of sp³-hybridized carbons (Fsp3) is 0.529. The van der Waals surface area contributed by atoms with Crippen LogP contribution in [-0.2, 0) is 14.3 Å². The summed E-state index contributed by atoms with van der Waals surface area (Å²) in [7, 11) is 1.59. The highest BCUT2D eigenvalue weighted by Gasteiger charge is 2.18. The van der Waals surface area contributed by atoms with Crippen molar-refractivity contribution in [2.75, 3.05) is 25.6 Å². The van der Waals surface area contributed by atoms with Gasteiger partial charge in [-0.3, -0.25) is 4.79 Å². The molecule has 1 aromatic carbocycles. The Labute approximate surface area is 137 Å². The van der Waals surface area contributed by atoms with Crippen LogP contribution < -0.4 is 15.7 Å². The third kappa shape index (κ3) is 7.25. The molecule has 0 radical (unpaired) electrons. The molecular formula is C17H26N2O4. The number of carboxylic acids is 1. The first-order chi connectivity index (χ1) is 10.9. The van der Waals surface area contributed by atoms with E-state index in [2.05, 4.69) is 19.2 Å². The van der Waals surface area contributed by atoms with Crippen molar-refractivity contribution >= 4 is 17.6 Å². The number of quaternary nitrogens is 1. The first-order valence-corrected chi connectivity index (χ1v) is 7.87. The van der Waals surface area contributed by atoms with Crippen molar-refractivity contribution in [3.8, 4) is 0 Å². The number of hydrogen-bond donors (Lipinski definition) is 2. The quantitative estimate of drug-likeness (QED) is 0.586. The van der Waals surface area contributed by atoms with Crippen LogP contribution in [0.3, 0.4) is 0 Å². The van der Waals surface area contributed by atoms with Crippen LogP contribution in [-0.4, -0.2) is 38.2 Å². The van der Waals surface area contributed by atoms with E-state index in [0.717, 1.165) is 6.42 Å². The van der Waals surface area contributed by atoms with E-state index in [4.69, 9.17) is 4.74 Å². The molecule has 6 heteroatoms. The number of ether oxygens (including phenoxy) is 1. The minimum Gasteiger partial charge on any atom is -0.544 e. The molecular weight excluding hydrogens is 296 g/mol. The number of methoxy groups -OCH3 is 1. The van der Waals surface area contributed by atoms with Crippen molar-refractivity contribution in [3.05, 3.63) is 29.8 Å². The molecule has 3 N–H and O–H groups in total. The molecule has 0 aliphatic heterocycles. The fourth-order valence-corrected chi connectivity index (χ4v) is 2.17. The Morgan fingerprint density at radius 1 is 1.26 bits per heavy atom. The molecule has 1 aromatic rings.